The van der Waals surface area contributed by atoms with Gasteiger partial charge in [0, 0.05) is 13.0 Å². The van der Waals surface area contributed by atoms with Crippen LogP contribution in [0.1, 0.15) is 44.8 Å². The molecular weight excluding hydrogens is 290 g/mol. The van der Waals surface area contributed by atoms with E-state index in [0.29, 0.717) is 12.1 Å². The molecule has 1 saturated heterocycles. The van der Waals surface area contributed by atoms with Gasteiger partial charge in [0.25, 0.3) is 0 Å². The van der Waals surface area contributed by atoms with Crippen molar-refractivity contribution in [2.75, 3.05) is 13.2 Å². The zero-order valence-corrected chi connectivity index (χ0v) is 13.2. The minimum absolute atomic E-state index is 0.0253. The lowest BCUT2D eigenvalue weighted by molar-refractivity contribution is -0.386. The quantitative estimate of drug-likeness (QED) is 0.490. The number of ether oxygens (including phenoxy) is 2. The highest BCUT2D eigenvalue weighted by Gasteiger charge is 2.33. The van der Waals surface area contributed by atoms with Crippen molar-refractivity contribution in [3.05, 3.63) is 15.8 Å². The van der Waals surface area contributed by atoms with E-state index in [1.54, 1.807) is 11.6 Å². The highest BCUT2D eigenvalue weighted by atomic mass is 16.6. The van der Waals surface area contributed by atoms with Crippen molar-refractivity contribution in [1.29, 1.82) is 0 Å². The maximum atomic E-state index is 11.3. The van der Waals surface area contributed by atoms with Crippen LogP contribution < -0.4 is 4.74 Å². The topological polar surface area (TPSA) is 99.7 Å². The summed E-state index contributed by atoms with van der Waals surface area (Å²) in [7, 11) is 0. The van der Waals surface area contributed by atoms with Crippen LogP contribution in [0.15, 0.2) is 0 Å². The summed E-state index contributed by atoms with van der Waals surface area (Å²) in [5, 5.41) is 24.4. The van der Waals surface area contributed by atoms with Gasteiger partial charge in [-0.25, -0.2) is 0 Å². The fourth-order valence-electron chi connectivity index (χ4n) is 2.95. The summed E-state index contributed by atoms with van der Waals surface area (Å²) in [4.78, 5) is 10.8. The molecule has 8 nitrogen and oxygen atoms in total. The summed E-state index contributed by atoms with van der Waals surface area (Å²) in [6, 6.07) is 0.0626. The van der Waals surface area contributed by atoms with Gasteiger partial charge >= 0.3 is 11.6 Å². The summed E-state index contributed by atoms with van der Waals surface area (Å²) in [6.07, 6.45) is 2.12. The number of aliphatic hydroxyl groups excluding tert-OH is 1. The molecule has 0 amide bonds. The van der Waals surface area contributed by atoms with Gasteiger partial charge in [-0.05, 0) is 33.6 Å². The Labute approximate surface area is 129 Å². The molecule has 0 spiro atoms. The molecule has 2 rings (SSSR count). The van der Waals surface area contributed by atoms with E-state index in [2.05, 4.69) is 5.10 Å². The van der Waals surface area contributed by atoms with E-state index >= 15 is 0 Å². The third-order valence-electron chi connectivity index (χ3n) is 3.83. The molecule has 1 aromatic rings. The molecule has 2 heterocycles. The van der Waals surface area contributed by atoms with Crippen molar-refractivity contribution in [2.24, 2.45) is 0 Å². The first-order valence-corrected chi connectivity index (χ1v) is 7.56. The van der Waals surface area contributed by atoms with Gasteiger partial charge < -0.3 is 14.6 Å². The van der Waals surface area contributed by atoms with Gasteiger partial charge in [-0.15, -0.1) is 5.10 Å². The number of rotatable bonds is 6. The lowest BCUT2D eigenvalue weighted by Crippen LogP contribution is -2.31. The monoisotopic (exact) mass is 313 g/mol. The lowest BCUT2D eigenvalue weighted by atomic mass is 10.00. The molecule has 0 saturated carbocycles. The Morgan fingerprint density at radius 3 is 2.64 bits per heavy atom. The first-order valence-electron chi connectivity index (χ1n) is 7.56. The van der Waals surface area contributed by atoms with Crippen molar-refractivity contribution in [2.45, 2.75) is 58.3 Å². The van der Waals surface area contributed by atoms with E-state index in [-0.39, 0.29) is 43.0 Å². The zero-order valence-electron chi connectivity index (χ0n) is 13.2. The van der Waals surface area contributed by atoms with Crippen LogP contribution in [-0.4, -0.2) is 45.2 Å². The third kappa shape index (κ3) is 3.56. The minimum Gasteiger partial charge on any atom is -0.472 e. The van der Waals surface area contributed by atoms with Crippen LogP contribution in [0.2, 0.25) is 0 Å². The second-order valence-electron chi connectivity index (χ2n) is 5.75. The average molecular weight is 313 g/mol. The Morgan fingerprint density at radius 1 is 1.45 bits per heavy atom. The molecule has 8 heteroatoms. The van der Waals surface area contributed by atoms with Gasteiger partial charge in [-0.2, -0.15) is 0 Å². The molecule has 3 atom stereocenters. The Kier molecular flexibility index (Phi) is 5.36. The van der Waals surface area contributed by atoms with Crippen LogP contribution in [0.4, 0.5) is 5.69 Å². The standard InChI is InChI=1S/C14H23N3O5/c1-9-7-12(8-10(2)22-9)16-11(3)13(17(19)20)14(15-16)21-6-4-5-18/h9-10,12,18H,4-8H2,1-3H3/t9-,10+,12+. The van der Waals surface area contributed by atoms with Crippen LogP contribution >= 0.6 is 0 Å². The predicted octanol–water partition coefficient (Wildman–Crippen LogP) is 1.99. The second kappa shape index (κ2) is 7.06. The second-order valence-corrected chi connectivity index (χ2v) is 5.75. The number of aliphatic hydroxyl groups is 1. The summed E-state index contributed by atoms with van der Waals surface area (Å²) >= 11 is 0. The molecule has 0 bridgehead atoms. The van der Waals surface area contributed by atoms with Crippen LogP contribution in [0, 0.1) is 17.0 Å². The van der Waals surface area contributed by atoms with E-state index in [1.165, 1.54) is 0 Å². The number of hydrogen-bond donors (Lipinski definition) is 1. The molecule has 0 radical (unpaired) electrons. The molecule has 124 valence electrons. The molecule has 22 heavy (non-hydrogen) atoms. The van der Waals surface area contributed by atoms with Crippen LogP contribution in [-0.2, 0) is 4.74 Å². The molecule has 0 aliphatic carbocycles. The fraction of sp³-hybridized carbons (Fsp3) is 0.786. The Hall–Kier alpha value is -1.67. The van der Waals surface area contributed by atoms with Gasteiger partial charge in [0.1, 0.15) is 5.69 Å². The number of nitro groups is 1. The Morgan fingerprint density at radius 2 is 2.09 bits per heavy atom. The zero-order chi connectivity index (χ0) is 16.3. The molecular formula is C14H23N3O5. The Balaban J connectivity index is 2.27. The van der Waals surface area contributed by atoms with Crippen molar-refractivity contribution in [3.8, 4) is 5.88 Å². The SMILES string of the molecule is Cc1c([N+](=O)[O-])c(OCCCO)nn1[C@H]1C[C@@H](C)O[C@@H](C)C1. The van der Waals surface area contributed by atoms with Crippen molar-refractivity contribution in [3.63, 3.8) is 0 Å². The number of hydrogen-bond acceptors (Lipinski definition) is 6. The van der Waals surface area contributed by atoms with E-state index in [4.69, 9.17) is 14.6 Å². The van der Waals surface area contributed by atoms with Gasteiger partial charge in [0.05, 0.1) is 29.8 Å². The molecule has 1 fully saturated rings. The van der Waals surface area contributed by atoms with E-state index in [0.717, 1.165) is 12.8 Å². The molecule has 1 aliphatic heterocycles. The van der Waals surface area contributed by atoms with Crippen LogP contribution in [0.5, 0.6) is 5.88 Å². The average Bonchev–Trinajstić information content (AvgIpc) is 2.75. The summed E-state index contributed by atoms with van der Waals surface area (Å²) in [5.74, 6) is 0.0303. The normalized spacial score (nSPS) is 25.2. The highest BCUT2D eigenvalue weighted by Crippen LogP contribution is 2.36. The largest absolute Gasteiger partial charge is 0.472 e. The summed E-state index contributed by atoms with van der Waals surface area (Å²) in [6.45, 7) is 5.86. The van der Waals surface area contributed by atoms with Gasteiger partial charge in [-0.1, -0.05) is 0 Å². The first kappa shape index (κ1) is 16.7. The molecule has 0 unspecified atom stereocenters. The maximum Gasteiger partial charge on any atom is 0.352 e. The predicted molar refractivity (Wildman–Crippen MR) is 79.1 cm³/mol. The molecule has 0 aromatic carbocycles. The van der Waals surface area contributed by atoms with E-state index in [9.17, 15) is 10.1 Å². The lowest BCUT2D eigenvalue weighted by Gasteiger charge is -2.32. The third-order valence-corrected chi connectivity index (χ3v) is 3.83. The van der Waals surface area contributed by atoms with E-state index in [1.807, 2.05) is 13.8 Å². The molecule has 1 aromatic heterocycles. The van der Waals surface area contributed by atoms with Crippen LogP contribution in [0.25, 0.3) is 0 Å². The van der Waals surface area contributed by atoms with Crippen molar-refractivity contribution >= 4 is 5.69 Å². The Bertz CT molecular complexity index is 521. The molecule has 1 N–H and O–H groups in total. The van der Waals surface area contributed by atoms with Crippen LogP contribution in [0.3, 0.4) is 0 Å². The number of aromatic nitrogens is 2. The number of nitrogens with zero attached hydrogens (tertiary/aromatic N) is 3. The fourth-order valence-corrected chi connectivity index (χ4v) is 2.95. The smallest absolute Gasteiger partial charge is 0.352 e. The van der Waals surface area contributed by atoms with Gasteiger partial charge in [0.2, 0.25) is 0 Å². The van der Waals surface area contributed by atoms with Gasteiger partial charge in [-0.3, -0.25) is 14.8 Å². The summed E-state index contributed by atoms with van der Waals surface area (Å²) in [5.41, 5.74) is 0.403. The maximum absolute atomic E-state index is 11.3. The molecule has 1 aliphatic rings. The van der Waals surface area contributed by atoms with E-state index < -0.39 is 4.92 Å². The summed E-state index contributed by atoms with van der Waals surface area (Å²) < 4.78 is 12.8. The van der Waals surface area contributed by atoms with Gasteiger partial charge in [0.15, 0.2) is 0 Å². The van der Waals surface area contributed by atoms with Crippen molar-refractivity contribution < 1.29 is 19.5 Å². The highest BCUT2D eigenvalue weighted by molar-refractivity contribution is 5.45. The minimum atomic E-state index is -0.459. The first-order chi connectivity index (χ1) is 10.4. The van der Waals surface area contributed by atoms with Crippen molar-refractivity contribution in [1.82, 2.24) is 9.78 Å².